The topological polar surface area (TPSA) is 462 Å². The zero-order valence-corrected chi connectivity index (χ0v) is 44.6. The van der Waals surface area contributed by atoms with E-state index in [0.717, 1.165) is 10.9 Å². The number of carboxylic acids is 1. The molecule has 9 amide bonds. The minimum atomic E-state index is -1.75. The van der Waals surface area contributed by atoms with Gasteiger partial charge in [0.1, 0.15) is 41.8 Å². The number of fused-ring (bicyclic) bond motifs is 1. The first kappa shape index (κ1) is 63.5. The van der Waals surface area contributed by atoms with Gasteiger partial charge in [0.2, 0.25) is 41.4 Å². The highest BCUT2D eigenvalue weighted by Gasteiger charge is 2.37. The molecule has 1 aromatic heterocycles. The molecule has 1 heterocycles. The number of primary amides is 1. The highest BCUT2D eigenvalue weighted by Crippen LogP contribution is 2.20. The fourth-order valence-corrected chi connectivity index (χ4v) is 8.09. The Labute approximate surface area is 456 Å². The summed E-state index contributed by atoms with van der Waals surface area (Å²) in [5.41, 5.74) is 22.2. The van der Waals surface area contributed by atoms with Crippen molar-refractivity contribution in [3.8, 4) is 0 Å². The number of guanidine groups is 2. The summed E-state index contributed by atoms with van der Waals surface area (Å²) in [5, 5.41) is 51.1. The van der Waals surface area contributed by atoms with E-state index in [4.69, 9.17) is 33.8 Å². The van der Waals surface area contributed by atoms with Gasteiger partial charge in [0.15, 0.2) is 11.9 Å². The van der Waals surface area contributed by atoms with E-state index in [9.17, 15) is 48.3 Å². The number of rotatable bonds is 33. The molecular weight excluding hydrogens is 1040 g/mol. The van der Waals surface area contributed by atoms with Crippen LogP contribution in [0.25, 0.3) is 10.9 Å². The fourth-order valence-electron chi connectivity index (χ4n) is 7.59. The Hall–Kier alpha value is -7.79. The molecule has 0 aliphatic heterocycles. The van der Waals surface area contributed by atoms with Gasteiger partial charge in [0.25, 0.3) is 0 Å². The third kappa shape index (κ3) is 22.1. The molecular formula is C48H73N17O10S2. The summed E-state index contributed by atoms with van der Waals surface area (Å²) in [6.07, 6.45) is 1.93. The van der Waals surface area contributed by atoms with Crippen molar-refractivity contribution < 1.29 is 48.3 Å². The molecule has 0 unspecified atom stereocenters. The number of urea groups is 1. The van der Waals surface area contributed by atoms with Crippen molar-refractivity contribution >= 4 is 101 Å². The lowest BCUT2D eigenvalue weighted by molar-refractivity contribution is -0.141. The number of amides is 9. The third-order valence-corrected chi connectivity index (χ3v) is 12.5. The number of carbonyl (C=O) groups excluding carboxylic acids is 8. The average molecular weight is 1110 g/mol. The minimum absolute atomic E-state index is 0.0258. The van der Waals surface area contributed by atoms with Crippen molar-refractivity contribution in [1.82, 2.24) is 58.2 Å². The number of aromatic nitrogens is 1. The first-order valence-electron chi connectivity index (χ1n) is 24.6. The van der Waals surface area contributed by atoms with Crippen LogP contribution in [0.3, 0.4) is 0 Å². The van der Waals surface area contributed by atoms with E-state index < -0.39 is 101 Å². The number of hydrogen-bond acceptors (Lipinski definition) is 14. The number of hydrogen-bond donors (Lipinski definition) is 20. The Balaban J connectivity index is 1.94. The van der Waals surface area contributed by atoms with Crippen LogP contribution in [0.15, 0.2) is 60.8 Å². The molecule has 0 saturated carbocycles. The van der Waals surface area contributed by atoms with Crippen LogP contribution in [0.1, 0.15) is 63.5 Å². The van der Waals surface area contributed by atoms with Crippen LogP contribution >= 0.6 is 25.3 Å². The molecule has 3 rings (SSSR count). The Morgan fingerprint density at radius 3 is 1.60 bits per heavy atom. The Morgan fingerprint density at radius 1 is 0.584 bits per heavy atom. The standard InChI is InChI=1S/C48H73N17O10S2/c1-48(2,65-42(71)35(24-76)62-37(66)29(49)14-8-18-55-45(50)51)44(74)64-32(17-10-20-57-47(54)75)39(68)60-33(21-26-11-4-3-5-12-26)40(69)59-31(16-9-19-56-46(52)53)38(67)61-34(41(70)63-36(25-77)43(72)73)22-27-23-58-30-15-7-6-13-28(27)30/h3-7,11-13,15,23,29,31-36,58,76-77H,8-10,14,16-22,24-25,49H2,1-2H3,(H,59,69)(H,60,68)(H,61,67)(H,62,66)(H,63,70)(H,64,74)(H,65,71)(H,72,73)(H4,50,51,55)(H4,52,53,56)(H3,54,57,75)/t29-,31-,32-,33+,34-,35-,36-/m0/s1. The van der Waals surface area contributed by atoms with Gasteiger partial charge in [-0.05, 0) is 69.6 Å². The zero-order chi connectivity index (χ0) is 57.2. The van der Waals surface area contributed by atoms with Crippen molar-refractivity contribution in [2.24, 2.45) is 22.9 Å². The number of carboxylic acid groups (broad SMARTS) is 1. The second kappa shape index (κ2) is 31.9. The molecule has 0 aliphatic rings. The second-order valence-electron chi connectivity index (χ2n) is 18.4. The van der Waals surface area contributed by atoms with Crippen LogP contribution in [0, 0.1) is 10.8 Å². The number of aliphatic carboxylic acids is 1. The van der Waals surface area contributed by atoms with E-state index in [2.05, 4.69) is 83.4 Å². The van der Waals surface area contributed by atoms with E-state index in [1.54, 1.807) is 54.7 Å². The Morgan fingerprint density at radius 2 is 1.05 bits per heavy atom. The maximum Gasteiger partial charge on any atom is 0.327 e. The summed E-state index contributed by atoms with van der Waals surface area (Å²) < 4.78 is 0. The molecule has 2 aromatic carbocycles. The molecule has 7 atom stereocenters. The van der Waals surface area contributed by atoms with Crippen LogP contribution in [0.2, 0.25) is 0 Å². The molecule has 422 valence electrons. The molecule has 29 heteroatoms. The smallest absolute Gasteiger partial charge is 0.327 e. The maximum absolute atomic E-state index is 14.6. The van der Waals surface area contributed by atoms with Crippen molar-refractivity contribution in [1.29, 1.82) is 10.8 Å². The summed E-state index contributed by atoms with van der Waals surface area (Å²) in [6, 6.07) is 5.47. The number of carbonyl (C=O) groups is 9. The van der Waals surface area contributed by atoms with Crippen LogP contribution in [-0.4, -0.2) is 154 Å². The molecule has 3 aromatic rings. The molecule has 22 N–H and O–H groups in total. The first-order valence-corrected chi connectivity index (χ1v) is 25.9. The van der Waals surface area contributed by atoms with Gasteiger partial charge in [-0.25, -0.2) is 9.59 Å². The largest absolute Gasteiger partial charge is 0.480 e. The average Bonchev–Trinajstić information content (AvgIpc) is 3.79. The quantitative estimate of drug-likeness (QED) is 0.0125. The summed E-state index contributed by atoms with van der Waals surface area (Å²) in [5.74, 6) is -8.27. The van der Waals surface area contributed by atoms with E-state index in [1.807, 2.05) is 6.07 Å². The molecule has 0 radical (unpaired) electrons. The number of benzene rings is 2. The summed E-state index contributed by atoms with van der Waals surface area (Å²) in [4.78, 5) is 124. The zero-order valence-electron chi connectivity index (χ0n) is 42.8. The lowest BCUT2D eigenvalue weighted by Crippen LogP contribution is -2.63. The molecule has 27 nitrogen and oxygen atoms in total. The van der Waals surface area contributed by atoms with Gasteiger partial charge in [-0.1, -0.05) is 48.5 Å². The second-order valence-corrected chi connectivity index (χ2v) is 19.1. The van der Waals surface area contributed by atoms with Gasteiger partial charge in [-0.2, -0.15) is 25.3 Å². The predicted octanol–water partition coefficient (Wildman–Crippen LogP) is -3.00. The van der Waals surface area contributed by atoms with Crippen LogP contribution in [0.5, 0.6) is 0 Å². The molecule has 0 fully saturated rings. The monoisotopic (exact) mass is 1110 g/mol. The van der Waals surface area contributed by atoms with Crippen LogP contribution < -0.4 is 76.1 Å². The lowest BCUT2D eigenvalue weighted by Gasteiger charge is -2.31. The summed E-state index contributed by atoms with van der Waals surface area (Å²) in [7, 11) is 0. The normalized spacial score (nSPS) is 13.8. The summed E-state index contributed by atoms with van der Waals surface area (Å²) >= 11 is 8.26. The van der Waals surface area contributed by atoms with E-state index in [-0.39, 0.29) is 88.0 Å². The van der Waals surface area contributed by atoms with E-state index in [1.165, 1.54) is 13.8 Å². The van der Waals surface area contributed by atoms with Gasteiger partial charge in [0.05, 0.1) is 6.04 Å². The van der Waals surface area contributed by atoms with Crippen LogP contribution in [-0.2, 0) is 51.2 Å². The van der Waals surface area contributed by atoms with Crippen molar-refractivity contribution in [2.45, 2.75) is 113 Å². The Bertz CT molecular complexity index is 2530. The SMILES string of the molecule is CC(C)(NC(=O)[C@H](CS)NC(=O)[C@@H](N)CCCNC(=N)N)C(=O)N[C@@H](CCCNC(N)=O)C(=O)N[C@H](Cc1ccccc1)C(=O)N[C@@H](CCCNC(=N)N)C(=O)N[C@@H](Cc1c[nH]c2ccccc12)C(=O)N[C@@H](CS)C(=O)O. The summed E-state index contributed by atoms with van der Waals surface area (Å²) in [6.45, 7) is 3.04. The van der Waals surface area contributed by atoms with Gasteiger partial charge >= 0.3 is 12.0 Å². The number of para-hydroxylation sites is 1. The van der Waals surface area contributed by atoms with E-state index >= 15 is 0 Å². The molecule has 0 bridgehead atoms. The van der Waals surface area contributed by atoms with Gasteiger partial charge in [-0.3, -0.25) is 44.4 Å². The maximum atomic E-state index is 14.6. The highest BCUT2D eigenvalue weighted by atomic mass is 32.1. The number of nitrogens with two attached hydrogens (primary N) is 4. The fraction of sp³-hybridized carbons (Fsp3) is 0.479. The van der Waals surface area contributed by atoms with Gasteiger partial charge < -0.3 is 86.2 Å². The lowest BCUT2D eigenvalue weighted by atomic mass is 10.0. The molecule has 0 spiro atoms. The van der Waals surface area contributed by atoms with E-state index in [0.29, 0.717) is 17.5 Å². The van der Waals surface area contributed by atoms with Crippen molar-refractivity contribution in [2.75, 3.05) is 31.1 Å². The number of aromatic amines is 1. The van der Waals surface area contributed by atoms with Crippen molar-refractivity contribution in [3.05, 3.63) is 71.9 Å². The minimum Gasteiger partial charge on any atom is -0.480 e. The highest BCUT2D eigenvalue weighted by molar-refractivity contribution is 7.80. The van der Waals surface area contributed by atoms with Crippen molar-refractivity contribution in [3.63, 3.8) is 0 Å². The number of thiol groups is 2. The molecule has 0 aliphatic carbocycles. The first-order chi connectivity index (χ1) is 36.4. The number of H-pyrrole nitrogens is 1. The molecule has 77 heavy (non-hydrogen) atoms. The van der Waals surface area contributed by atoms with Gasteiger partial charge in [-0.15, -0.1) is 0 Å². The Kier molecular flexibility index (Phi) is 26.3. The van der Waals surface area contributed by atoms with Crippen LogP contribution in [0.4, 0.5) is 4.79 Å². The predicted molar refractivity (Wildman–Crippen MR) is 294 cm³/mol. The molecule has 0 saturated heterocycles. The third-order valence-electron chi connectivity index (χ3n) is 11.8. The number of nitrogens with one attached hydrogen (secondary N) is 13. The van der Waals surface area contributed by atoms with Gasteiger partial charge in [0, 0.05) is 61.1 Å².